The van der Waals surface area contributed by atoms with Crippen molar-refractivity contribution in [1.82, 2.24) is 4.98 Å². The van der Waals surface area contributed by atoms with Crippen LogP contribution in [0.15, 0.2) is 186 Å². The molecule has 0 N–H and O–H groups in total. The first-order valence-corrected chi connectivity index (χ1v) is 19.7. The number of nitrogens with zero attached hydrogens (tertiary/aromatic N) is 2. The van der Waals surface area contributed by atoms with Gasteiger partial charge in [0.2, 0.25) is 5.89 Å². The topological polar surface area (TPSA) is 29.3 Å². The normalized spacial score (nSPS) is 11.7. The Hall–Kier alpha value is -6.53. The fourth-order valence-corrected chi connectivity index (χ4v) is 10.1. The van der Waals surface area contributed by atoms with Gasteiger partial charge >= 0.3 is 0 Å². The van der Waals surface area contributed by atoms with Crippen LogP contribution in [0.4, 0.5) is 17.1 Å². The third-order valence-electron chi connectivity index (χ3n) is 10.3. The third-order valence-corrected chi connectivity index (χ3v) is 12.6. The van der Waals surface area contributed by atoms with Gasteiger partial charge in [0.15, 0.2) is 5.58 Å². The maximum Gasteiger partial charge on any atom is 0.227 e. The van der Waals surface area contributed by atoms with E-state index in [1.165, 1.54) is 46.1 Å². The van der Waals surface area contributed by atoms with E-state index in [0.29, 0.717) is 5.89 Å². The molecule has 54 heavy (non-hydrogen) atoms. The molecule has 0 aliphatic carbocycles. The predicted molar refractivity (Wildman–Crippen MR) is 231 cm³/mol. The lowest BCUT2D eigenvalue weighted by Crippen LogP contribution is -2.10. The van der Waals surface area contributed by atoms with Crippen LogP contribution in [0.3, 0.4) is 0 Å². The number of anilines is 3. The summed E-state index contributed by atoms with van der Waals surface area (Å²) in [4.78, 5) is 7.55. The molecular formula is C49H30N2OS2. The minimum Gasteiger partial charge on any atom is -0.435 e. The molecule has 0 saturated carbocycles. The third kappa shape index (κ3) is 5.05. The lowest BCUT2D eigenvalue weighted by atomic mass is 10.0. The Bertz CT molecular complexity index is 3140. The van der Waals surface area contributed by atoms with Crippen LogP contribution in [0, 0.1) is 0 Å². The van der Waals surface area contributed by atoms with Crippen LogP contribution >= 0.6 is 22.7 Å². The van der Waals surface area contributed by atoms with Crippen molar-refractivity contribution in [2.45, 2.75) is 0 Å². The van der Waals surface area contributed by atoms with Gasteiger partial charge in [-0.25, -0.2) is 4.98 Å². The molecule has 8 aromatic carbocycles. The van der Waals surface area contributed by atoms with Crippen molar-refractivity contribution in [2.75, 3.05) is 4.90 Å². The van der Waals surface area contributed by atoms with E-state index in [9.17, 15) is 0 Å². The number of thiophene rings is 2. The molecule has 11 aromatic rings. The van der Waals surface area contributed by atoms with Gasteiger partial charge in [0.05, 0.1) is 10.4 Å². The summed E-state index contributed by atoms with van der Waals surface area (Å²) in [6.45, 7) is 0. The molecule has 11 rings (SSSR count). The first kappa shape index (κ1) is 31.0. The average molecular weight is 727 g/mol. The van der Waals surface area contributed by atoms with Crippen molar-refractivity contribution < 1.29 is 4.42 Å². The maximum atomic E-state index is 6.69. The van der Waals surface area contributed by atoms with Crippen molar-refractivity contribution in [3.8, 4) is 33.7 Å². The highest BCUT2D eigenvalue weighted by Gasteiger charge is 2.22. The van der Waals surface area contributed by atoms with Gasteiger partial charge in [0.25, 0.3) is 0 Å². The van der Waals surface area contributed by atoms with E-state index in [4.69, 9.17) is 9.40 Å². The van der Waals surface area contributed by atoms with Crippen LogP contribution in [0.5, 0.6) is 0 Å². The van der Waals surface area contributed by atoms with Gasteiger partial charge in [0, 0.05) is 58.1 Å². The van der Waals surface area contributed by atoms with Crippen molar-refractivity contribution in [1.29, 1.82) is 0 Å². The monoisotopic (exact) mass is 726 g/mol. The molecule has 0 fully saturated rings. The van der Waals surface area contributed by atoms with Gasteiger partial charge in [-0.3, -0.25) is 0 Å². The molecule has 0 aliphatic rings. The standard InChI is InChI=1S/C49H30N2OS2/c1-3-12-31(13-4-1)32-22-26-35(27-23-32)51(41-19-11-18-38-37-16-7-9-20-42(37)54-48(38)41)36-28-24-33(25-29-36)40-30-44-45(39-17-8-10-21-43(39)53-44)46-47(40)52-49(50-46)34-14-5-2-6-15-34/h1-30H. The molecular weight excluding hydrogens is 697 g/mol. The lowest BCUT2D eigenvalue weighted by molar-refractivity contribution is 0.621. The van der Waals surface area contributed by atoms with Gasteiger partial charge in [-0.1, -0.05) is 121 Å². The van der Waals surface area contributed by atoms with Gasteiger partial charge in [-0.2, -0.15) is 0 Å². The maximum absolute atomic E-state index is 6.69. The summed E-state index contributed by atoms with van der Waals surface area (Å²) >= 11 is 3.66. The second-order valence-electron chi connectivity index (χ2n) is 13.5. The van der Waals surface area contributed by atoms with E-state index in [2.05, 4.69) is 169 Å². The molecule has 3 aromatic heterocycles. The van der Waals surface area contributed by atoms with E-state index in [1.807, 2.05) is 29.5 Å². The highest BCUT2D eigenvalue weighted by Crippen LogP contribution is 2.47. The molecule has 0 saturated heterocycles. The van der Waals surface area contributed by atoms with Gasteiger partial charge < -0.3 is 9.32 Å². The van der Waals surface area contributed by atoms with Crippen molar-refractivity contribution >= 4 is 91.2 Å². The van der Waals surface area contributed by atoms with E-state index in [-0.39, 0.29) is 0 Å². The Kier molecular flexibility index (Phi) is 7.22. The fraction of sp³-hybridized carbons (Fsp3) is 0. The largest absolute Gasteiger partial charge is 0.435 e. The Morgan fingerprint density at radius 1 is 0.444 bits per heavy atom. The first-order valence-electron chi connectivity index (χ1n) is 18.0. The summed E-state index contributed by atoms with van der Waals surface area (Å²) < 4.78 is 11.7. The molecule has 0 aliphatic heterocycles. The summed E-state index contributed by atoms with van der Waals surface area (Å²) in [5.41, 5.74) is 10.5. The summed E-state index contributed by atoms with van der Waals surface area (Å²) in [6, 6.07) is 64.9. The van der Waals surface area contributed by atoms with E-state index in [0.717, 1.165) is 50.2 Å². The summed E-state index contributed by atoms with van der Waals surface area (Å²) in [5.74, 6) is 0.632. The molecule has 3 nitrogen and oxygen atoms in total. The van der Waals surface area contributed by atoms with Gasteiger partial charge in [-0.05, 0) is 77.4 Å². The highest BCUT2D eigenvalue weighted by atomic mass is 32.1. The molecule has 0 atom stereocenters. The van der Waals surface area contributed by atoms with Crippen LogP contribution in [0.25, 0.3) is 85.2 Å². The molecule has 3 heterocycles. The zero-order valence-electron chi connectivity index (χ0n) is 28.9. The number of rotatable bonds is 6. The smallest absolute Gasteiger partial charge is 0.227 e. The highest BCUT2D eigenvalue weighted by molar-refractivity contribution is 7.26. The predicted octanol–water partition coefficient (Wildman–Crippen LogP) is 15.0. The van der Waals surface area contributed by atoms with Crippen LogP contribution in [-0.4, -0.2) is 4.98 Å². The van der Waals surface area contributed by atoms with Crippen molar-refractivity contribution in [3.05, 3.63) is 182 Å². The zero-order chi connectivity index (χ0) is 35.6. The van der Waals surface area contributed by atoms with E-state index < -0.39 is 0 Å². The number of fused-ring (bicyclic) bond motifs is 8. The Morgan fingerprint density at radius 2 is 1.02 bits per heavy atom. The Morgan fingerprint density at radius 3 is 1.74 bits per heavy atom. The number of oxazole rings is 1. The number of benzene rings is 8. The second-order valence-corrected chi connectivity index (χ2v) is 15.6. The van der Waals surface area contributed by atoms with Gasteiger partial charge in [0.1, 0.15) is 5.52 Å². The average Bonchev–Trinajstić information content (AvgIpc) is 3.96. The Balaban J connectivity index is 1.08. The Labute approximate surface area is 319 Å². The summed E-state index contributed by atoms with van der Waals surface area (Å²) in [6.07, 6.45) is 0. The van der Waals surface area contributed by atoms with E-state index in [1.54, 1.807) is 11.3 Å². The van der Waals surface area contributed by atoms with E-state index >= 15 is 0 Å². The minimum atomic E-state index is 0.632. The molecule has 5 heteroatoms. The molecule has 0 bridgehead atoms. The SMILES string of the molecule is c1ccc(-c2ccc(N(c3ccc(-c4cc5sc6ccccc6c5c5nc(-c6ccccc6)oc45)cc3)c3cccc4c3sc3ccccc34)cc2)cc1. The quantitative estimate of drug-likeness (QED) is 0.171. The fourth-order valence-electron chi connectivity index (χ4n) is 7.76. The number of aromatic nitrogens is 1. The van der Waals surface area contributed by atoms with Crippen molar-refractivity contribution in [3.63, 3.8) is 0 Å². The molecule has 0 radical (unpaired) electrons. The van der Waals surface area contributed by atoms with Crippen LogP contribution < -0.4 is 4.90 Å². The van der Waals surface area contributed by atoms with Gasteiger partial charge in [-0.15, -0.1) is 22.7 Å². The van der Waals surface area contributed by atoms with Crippen LogP contribution in [-0.2, 0) is 0 Å². The molecule has 0 spiro atoms. The zero-order valence-corrected chi connectivity index (χ0v) is 30.6. The van der Waals surface area contributed by atoms with Crippen molar-refractivity contribution in [2.24, 2.45) is 0 Å². The lowest BCUT2D eigenvalue weighted by Gasteiger charge is -2.26. The summed E-state index contributed by atoms with van der Waals surface area (Å²) in [5, 5.41) is 4.92. The number of hydrogen-bond donors (Lipinski definition) is 0. The minimum absolute atomic E-state index is 0.632. The first-order chi connectivity index (χ1) is 26.8. The summed E-state index contributed by atoms with van der Waals surface area (Å²) in [7, 11) is 0. The molecule has 254 valence electrons. The second kappa shape index (κ2) is 12.6. The molecule has 0 unspecified atom stereocenters. The van der Waals surface area contributed by atoms with Crippen LogP contribution in [0.2, 0.25) is 0 Å². The van der Waals surface area contributed by atoms with Crippen LogP contribution in [0.1, 0.15) is 0 Å². The molecule has 0 amide bonds. The number of hydrogen-bond acceptors (Lipinski definition) is 5.